The molecule has 2 aromatic rings. The van der Waals surface area contributed by atoms with E-state index < -0.39 is 0 Å². The fourth-order valence-corrected chi connectivity index (χ4v) is 1.48. The van der Waals surface area contributed by atoms with Crippen LogP contribution in [0, 0.1) is 0 Å². The van der Waals surface area contributed by atoms with Crippen molar-refractivity contribution in [1.82, 2.24) is 15.0 Å². The van der Waals surface area contributed by atoms with Crippen molar-refractivity contribution in [2.45, 2.75) is 5.16 Å². The van der Waals surface area contributed by atoms with E-state index in [0.717, 1.165) is 16.4 Å². The van der Waals surface area contributed by atoms with Gasteiger partial charge in [-0.3, -0.25) is 4.98 Å². The van der Waals surface area contributed by atoms with E-state index in [1.54, 1.807) is 18.6 Å². The second kappa shape index (κ2) is 4.19. The van der Waals surface area contributed by atoms with E-state index in [4.69, 9.17) is 0 Å². The Morgan fingerprint density at radius 1 is 1.07 bits per heavy atom. The molecule has 0 aromatic carbocycles. The Kier molecular flexibility index (Phi) is 2.74. The van der Waals surface area contributed by atoms with E-state index in [0.29, 0.717) is 0 Å². The third-order valence-electron chi connectivity index (χ3n) is 1.79. The molecule has 0 saturated carbocycles. The van der Waals surface area contributed by atoms with Crippen LogP contribution in [0.4, 0.5) is 0 Å². The van der Waals surface area contributed by atoms with Crippen molar-refractivity contribution >= 4 is 11.8 Å². The Morgan fingerprint density at radius 3 is 2.57 bits per heavy atom. The summed E-state index contributed by atoms with van der Waals surface area (Å²) in [5.41, 5.74) is 2.00. The standard InChI is InChI=1S/C10H9N3S/c1-14-10-12-7-4-9(13-10)8-2-5-11-6-3-8/h2-7H,1H3. The first-order valence-corrected chi connectivity index (χ1v) is 5.40. The molecule has 0 amide bonds. The molecular weight excluding hydrogens is 194 g/mol. The number of aromatic nitrogens is 3. The van der Waals surface area contributed by atoms with E-state index in [1.165, 1.54) is 11.8 Å². The molecule has 70 valence electrons. The lowest BCUT2D eigenvalue weighted by Crippen LogP contribution is -1.88. The molecule has 14 heavy (non-hydrogen) atoms. The zero-order chi connectivity index (χ0) is 9.80. The van der Waals surface area contributed by atoms with Gasteiger partial charge in [-0.2, -0.15) is 0 Å². The summed E-state index contributed by atoms with van der Waals surface area (Å²) in [7, 11) is 0. The van der Waals surface area contributed by atoms with Crippen molar-refractivity contribution in [1.29, 1.82) is 0 Å². The highest BCUT2D eigenvalue weighted by molar-refractivity contribution is 7.98. The summed E-state index contributed by atoms with van der Waals surface area (Å²) in [5.74, 6) is 0. The van der Waals surface area contributed by atoms with E-state index >= 15 is 0 Å². The first kappa shape index (κ1) is 9.15. The molecular formula is C10H9N3S. The normalized spacial score (nSPS) is 10.1. The first-order chi connectivity index (χ1) is 6.90. The average molecular weight is 203 g/mol. The summed E-state index contributed by atoms with van der Waals surface area (Å²) >= 11 is 1.54. The topological polar surface area (TPSA) is 38.7 Å². The number of hydrogen-bond acceptors (Lipinski definition) is 4. The molecule has 2 aromatic heterocycles. The molecule has 2 rings (SSSR count). The van der Waals surface area contributed by atoms with Crippen LogP contribution in [0.15, 0.2) is 41.9 Å². The Balaban J connectivity index is 2.42. The van der Waals surface area contributed by atoms with Gasteiger partial charge in [0.25, 0.3) is 0 Å². The average Bonchev–Trinajstić information content (AvgIpc) is 2.30. The van der Waals surface area contributed by atoms with Crippen molar-refractivity contribution in [2.75, 3.05) is 6.26 Å². The third-order valence-corrected chi connectivity index (χ3v) is 2.35. The molecule has 0 aliphatic heterocycles. The van der Waals surface area contributed by atoms with E-state index in [9.17, 15) is 0 Å². The van der Waals surface area contributed by atoms with Crippen molar-refractivity contribution in [3.63, 3.8) is 0 Å². The van der Waals surface area contributed by atoms with Crippen molar-refractivity contribution < 1.29 is 0 Å². The number of nitrogens with zero attached hydrogens (tertiary/aromatic N) is 3. The summed E-state index contributed by atoms with van der Waals surface area (Å²) in [6.45, 7) is 0. The van der Waals surface area contributed by atoms with Gasteiger partial charge in [0.15, 0.2) is 5.16 Å². The van der Waals surface area contributed by atoms with Gasteiger partial charge in [0.05, 0.1) is 5.69 Å². The minimum Gasteiger partial charge on any atom is -0.265 e. The molecule has 0 atom stereocenters. The minimum absolute atomic E-state index is 0.791. The maximum atomic E-state index is 4.39. The number of pyridine rings is 1. The van der Waals surface area contributed by atoms with Crippen LogP contribution < -0.4 is 0 Å². The van der Waals surface area contributed by atoms with Crippen LogP contribution >= 0.6 is 11.8 Å². The predicted molar refractivity (Wildman–Crippen MR) is 57.0 cm³/mol. The van der Waals surface area contributed by atoms with Gasteiger partial charge in [-0.1, -0.05) is 11.8 Å². The maximum absolute atomic E-state index is 4.39. The lowest BCUT2D eigenvalue weighted by atomic mass is 10.2. The first-order valence-electron chi connectivity index (χ1n) is 4.17. The fourth-order valence-electron chi connectivity index (χ4n) is 1.12. The lowest BCUT2D eigenvalue weighted by Gasteiger charge is -2.00. The molecule has 4 heteroatoms. The molecule has 3 nitrogen and oxygen atoms in total. The second-order valence-electron chi connectivity index (χ2n) is 2.66. The quantitative estimate of drug-likeness (QED) is 0.554. The molecule has 0 aliphatic rings. The fraction of sp³-hybridized carbons (Fsp3) is 0.100. The Bertz CT molecular complexity index is 417. The smallest absolute Gasteiger partial charge is 0.187 e. The molecule has 0 N–H and O–H groups in total. The lowest BCUT2D eigenvalue weighted by molar-refractivity contribution is 0.976. The molecule has 0 bridgehead atoms. The van der Waals surface area contributed by atoms with Gasteiger partial charge >= 0.3 is 0 Å². The van der Waals surface area contributed by atoms with Gasteiger partial charge in [0.1, 0.15) is 0 Å². The van der Waals surface area contributed by atoms with Crippen LogP contribution in [0.1, 0.15) is 0 Å². The maximum Gasteiger partial charge on any atom is 0.187 e. The van der Waals surface area contributed by atoms with Gasteiger partial charge in [0, 0.05) is 24.2 Å². The highest BCUT2D eigenvalue weighted by Gasteiger charge is 1.99. The van der Waals surface area contributed by atoms with Crippen LogP contribution in [0.3, 0.4) is 0 Å². The summed E-state index contributed by atoms with van der Waals surface area (Å²) < 4.78 is 0. The molecule has 0 spiro atoms. The van der Waals surface area contributed by atoms with Gasteiger partial charge in [-0.25, -0.2) is 9.97 Å². The molecule has 2 heterocycles. The Morgan fingerprint density at radius 2 is 1.86 bits per heavy atom. The molecule has 0 radical (unpaired) electrons. The Hall–Kier alpha value is -1.42. The SMILES string of the molecule is CSc1nccc(-c2ccncc2)n1. The van der Waals surface area contributed by atoms with Crippen LogP contribution in [0.2, 0.25) is 0 Å². The predicted octanol–water partition coefficient (Wildman–Crippen LogP) is 2.26. The highest BCUT2D eigenvalue weighted by Crippen LogP contribution is 2.17. The van der Waals surface area contributed by atoms with Crippen LogP contribution in [0.5, 0.6) is 0 Å². The summed E-state index contributed by atoms with van der Waals surface area (Å²) in [6, 6.07) is 5.77. The van der Waals surface area contributed by atoms with Gasteiger partial charge in [-0.15, -0.1) is 0 Å². The molecule has 0 saturated heterocycles. The van der Waals surface area contributed by atoms with Crippen LogP contribution in [0.25, 0.3) is 11.3 Å². The Labute approximate surface area is 86.6 Å². The molecule has 0 fully saturated rings. The van der Waals surface area contributed by atoms with Crippen LogP contribution in [-0.4, -0.2) is 21.2 Å². The van der Waals surface area contributed by atoms with Crippen molar-refractivity contribution in [3.05, 3.63) is 36.8 Å². The second-order valence-corrected chi connectivity index (χ2v) is 3.44. The van der Waals surface area contributed by atoms with Gasteiger partial charge in [-0.05, 0) is 24.5 Å². The number of thioether (sulfide) groups is 1. The third kappa shape index (κ3) is 1.90. The summed E-state index contributed by atoms with van der Waals surface area (Å²) in [6.07, 6.45) is 7.26. The van der Waals surface area contributed by atoms with Crippen molar-refractivity contribution in [2.24, 2.45) is 0 Å². The molecule has 0 unspecified atom stereocenters. The summed E-state index contributed by atoms with van der Waals surface area (Å²) in [5, 5.41) is 0.791. The van der Waals surface area contributed by atoms with Gasteiger partial charge < -0.3 is 0 Å². The van der Waals surface area contributed by atoms with E-state index in [-0.39, 0.29) is 0 Å². The summed E-state index contributed by atoms with van der Waals surface area (Å²) in [4.78, 5) is 12.5. The zero-order valence-electron chi connectivity index (χ0n) is 7.71. The highest BCUT2D eigenvalue weighted by atomic mass is 32.2. The number of hydrogen-bond donors (Lipinski definition) is 0. The minimum atomic E-state index is 0.791. The van der Waals surface area contributed by atoms with Crippen molar-refractivity contribution in [3.8, 4) is 11.3 Å². The number of rotatable bonds is 2. The zero-order valence-corrected chi connectivity index (χ0v) is 8.53. The van der Waals surface area contributed by atoms with Gasteiger partial charge in [0.2, 0.25) is 0 Å². The van der Waals surface area contributed by atoms with E-state index in [2.05, 4.69) is 15.0 Å². The monoisotopic (exact) mass is 203 g/mol. The van der Waals surface area contributed by atoms with Crippen LogP contribution in [-0.2, 0) is 0 Å². The largest absolute Gasteiger partial charge is 0.265 e. The molecule has 0 aliphatic carbocycles. The van der Waals surface area contributed by atoms with E-state index in [1.807, 2.05) is 24.5 Å².